The summed E-state index contributed by atoms with van der Waals surface area (Å²) in [6.07, 6.45) is 4.74. The van der Waals surface area contributed by atoms with Crippen molar-refractivity contribution >= 4 is 17.2 Å². The molecule has 0 spiro atoms. The molecule has 0 aliphatic heterocycles. The third-order valence-electron chi connectivity index (χ3n) is 4.05. The van der Waals surface area contributed by atoms with Gasteiger partial charge < -0.3 is 5.32 Å². The van der Waals surface area contributed by atoms with Crippen LogP contribution >= 0.6 is 11.3 Å². The van der Waals surface area contributed by atoms with E-state index in [4.69, 9.17) is 0 Å². The van der Waals surface area contributed by atoms with Gasteiger partial charge >= 0.3 is 0 Å². The van der Waals surface area contributed by atoms with Crippen LogP contribution in [0.15, 0.2) is 29.9 Å². The highest BCUT2D eigenvalue weighted by atomic mass is 32.1. The first kappa shape index (κ1) is 14.3. The molecule has 4 nitrogen and oxygen atoms in total. The third-order valence-corrected chi connectivity index (χ3v) is 5.20. The zero-order valence-corrected chi connectivity index (χ0v) is 13.3. The number of amides is 1. The number of hydrogen-bond acceptors (Lipinski definition) is 3. The second-order valence-corrected chi connectivity index (χ2v) is 6.94. The average Bonchev–Trinajstić information content (AvgIpc) is 2.86. The van der Waals surface area contributed by atoms with E-state index in [0.29, 0.717) is 18.4 Å². The summed E-state index contributed by atoms with van der Waals surface area (Å²) in [7, 11) is 0. The van der Waals surface area contributed by atoms with E-state index in [0.717, 1.165) is 13.0 Å². The molecule has 2 aromatic rings. The van der Waals surface area contributed by atoms with Gasteiger partial charge in [-0.3, -0.25) is 9.48 Å². The Kier molecular flexibility index (Phi) is 4.10. The third kappa shape index (κ3) is 3.35. The molecule has 0 bridgehead atoms. The van der Waals surface area contributed by atoms with E-state index in [1.165, 1.54) is 10.4 Å². The summed E-state index contributed by atoms with van der Waals surface area (Å²) >= 11 is 1.78. The molecule has 1 saturated carbocycles. The summed E-state index contributed by atoms with van der Waals surface area (Å²) in [6.45, 7) is 5.82. The number of nitrogens with one attached hydrogen (secondary N) is 1. The lowest BCUT2D eigenvalue weighted by Gasteiger charge is -2.12. The minimum absolute atomic E-state index is 0.180. The van der Waals surface area contributed by atoms with Crippen molar-refractivity contribution in [2.24, 2.45) is 11.8 Å². The number of aryl methyl sites for hydroxylation is 1. The molecule has 3 atom stereocenters. The molecular formula is C16H21N3OS. The quantitative estimate of drug-likeness (QED) is 0.892. The van der Waals surface area contributed by atoms with E-state index in [1.807, 2.05) is 16.9 Å². The molecule has 1 aliphatic rings. The summed E-state index contributed by atoms with van der Waals surface area (Å²) in [5.41, 5.74) is 1.33. The fourth-order valence-corrected chi connectivity index (χ4v) is 3.85. The molecule has 2 heterocycles. The highest BCUT2D eigenvalue weighted by Gasteiger charge is 2.45. The van der Waals surface area contributed by atoms with Gasteiger partial charge in [0, 0.05) is 42.2 Å². The summed E-state index contributed by atoms with van der Waals surface area (Å²) in [5.74, 6) is 1.22. The minimum Gasteiger partial charge on any atom is -0.356 e. The van der Waals surface area contributed by atoms with E-state index in [-0.39, 0.29) is 11.8 Å². The van der Waals surface area contributed by atoms with Crippen molar-refractivity contribution in [1.29, 1.82) is 0 Å². The van der Waals surface area contributed by atoms with E-state index in [9.17, 15) is 4.79 Å². The van der Waals surface area contributed by atoms with Crippen LogP contribution < -0.4 is 5.32 Å². The first-order chi connectivity index (χ1) is 10.1. The van der Waals surface area contributed by atoms with Gasteiger partial charge in [0.15, 0.2) is 0 Å². The van der Waals surface area contributed by atoms with E-state index < -0.39 is 0 Å². The van der Waals surface area contributed by atoms with Crippen LogP contribution in [0, 0.1) is 18.8 Å². The standard InChI is InChI=1S/C16H21N3OS/c1-11(10-19-6-3-5-18-19)9-17-16(20)14-8-13(14)15-12(2)4-7-21-15/h3-7,11,13-14H,8-10H2,1-2H3,(H,17,20)/t11-,13+,14-/m0/s1. The number of rotatable bonds is 6. The van der Waals surface area contributed by atoms with Gasteiger partial charge in [0.1, 0.15) is 0 Å². The van der Waals surface area contributed by atoms with Gasteiger partial charge in [-0.05, 0) is 42.3 Å². The van der Waals surface area contributed by atoms with Gasteiger partial charge in [0.2, 0.25) is 5.91 Å². The maximum absolute atomic E-state index is 12.2. The Morgan fingerprint density at radius 2 is 2.48 bits per heavy atom. The van der Waals surface area contributed by atoms with Crippen molar-refractivity contribution in [1.82, 2.24) is 15.1 Å². The summed E-state index contributed by atoms with van der Waals surface area (Å²) in [5, 5.41) is 9.40. The van der Waals surface area contributed by atoms with Gasteiger partial charge in [0.25, 0.3) is 0 Å². The smallest absolute Gasteiger partial charge is 0.223 e. The van der Waals surface area contributed by atoms with Gasteiger partial charge in [-0.15, -0.1) is 11.3 Å². The lowest BCUT2D eigenvalue weighted by Crippen LogP contribution is -2.31. The molecular weight excluding hydrogens is 282 g/mol. The topological polar surface area (TPSA) is 46.9 Å². The summed E-state index contributed by atoms with van der Waals surface area (Å²) in [4.78, 5) is 13.6. The number of nitrogens with zero attached hydrogens (tertiary/aromatic N) is 2. The van der Waals surface area contributed by atoms with Gasteiger partial charge in [-0.2, -0.15) is 5.10 Å². The largest absolute Gasteiger partial charge is 0.356 e. The Balaban J connectivity index is 1.44. The number of hydrogen-bond donors (Lipinski definition) is 1. The molecule has 1 fully saturated rings. The van der Waals surface area contributed by atoms with Crippen LogP contribution in [0.5, 0.6) is 0 Å². The van der Waals surface area contributed by atoms with Crippen LogP contribution in [0.4, 0.5) is 0 Å². The highest BCUT2D eigenvalue weighted by Crippen LogP contribution is 2.50. The Bertz CT molecular complexity index is 605. The number of aromatic nitrogens is 2. The zero-order chi connectivity index (χ0) is 14.8. The van der Waals surface area contributed by atoms with Crippen LogP contribution in [0.25, 0.3) is 0 Å². The summed E-state index contributed by atoms with van der Waals surface area (Å²) in [6, 6.07) is 4.06. The molecule has 0 unspecified atom stereocenters. The Morgan fingerprint density at radius 1 is 1.62 bits per heavy atom. The maximum Gasteiger partial charge on any atom is 0.223 e. The first-order valence-corrected chi connectivity index (χ1v) is 8.32. The van der Waals surface area contributed by atoms with Crippen LogP contribution in [-0.2, 0) is 11.3 Å². The van der Waals surface area contributed by atoms with E-state index in [1.54, 1.807) is 17.5 Å². The molecule has 1 N–H and O–H groups in total. The molecule has 0 saturated heterocycles. The van der Waals surface area contributed by atoms with Gasteiger partial charge in [-0.1, -0.05) is 6.92 Å². The average molecular weight is 303 g/mol. The molecule has 0 aromatic carbocycles. The lowest BCUT2D eigenvalue weighted by atomic mass is 10.1. The Morgan fingerprint density at radius 3 is 3.14 bits per heavy atom. The molecule has 3 rings (SSSR count). The van der Waals surface area contributed by atoms with Crippen molar-refractivity contribution in [3.63, 3.8) is 0 Å². The van der Waals surface area contributed by atoms with Gasteiger partial charge in [0.05, 0.1) is 0 Å². The monoisotopic (exact) mass is 303 g/mol. The second kappa shape index (κ2) is 6.02. The van der Waals surface area contributed by atoms with Gasteiger partial charge in [-0.25, -0.2) is 0 Å². The van der Waals surface area contributed by atoms with Crippen molar-refractivity contribution in [3.05, 3.63) is 40.3 Å². The lowest BCUT2D eigenvalue weighted by molar-refractivity contribution is -0.122. The van der Waals surface area contributed by atoms with E-state index in [2.05, 4.69) is 35.7 Å². The molecule has 112 valence electrons. The molecule has 5 heteroatoms. The van der Waals surface area contributed by atoms with Crippen LogP contribution in [-0.4, -0.2) is 22.2 Å². The van der Waals surface area contributed by atoms with Crippen molar-refractivity contribution in [2.75, 3.05) is 6.54 Å². The van der Waals surface area contributed by atoms with Crippen LogP contribution in [0.1, 0.15) is 29.7 Å². The Hall–Kier alpha value is -1.62. The summed E-state index contributed by atoms with van der Waals surface area (Å²) < 4.78 is 1.91. The molecule has 2 aromatic heterocycles. The minimum atomic E-state index is 0.180. The fourth-order valence-electron chi connectivity index (χ4n) is 2.74. The Labute approximate surface area is 129 Å². The normalized spacial score (nSPS) is 22.0. The first-order valence-electron chi connectivity index (χ1n) is 7.44. The van der Waals surface area contributed by atoms with E-state index >= 15 is 0 Å². The fraction of sp³-hybridized carbons (Fsp3) is 0.500. The maximum atomic E-state index is 12.2. The number of thiophene rings is 1. The van der Waals surface area contributed by atoms with Crippen molar-refractivity contribution in [3.8, 4) is 0 Å². The second-order valence-electron chi connectivity index (χ2n) is 5.99. The molecule has 1 aliphatic carbocycles. The molecule has 21 heavy (non-hydrogen) atoms. The van der Waals surface area contributed by atoms with Crippen molar-refractivity contribution in [2.45, 2.75) is 32.7 Å². The van der Waals surface area contributed by atoms with Crippen LogP contribution in [0.2, 0.25) is 0 Å². The number of carbonyl (C=O) groups excluding carboxylic acids is 1. The predicted octanol–water partition coefficient (Wildman–Crippen LogP) is 2.81. The zero-order valence-electron chi connectivity index (χ0n) is 12.5. The van der Waals surface area contributed by atoms with Crippen LogP contribution in [0.3, 0.4) is 0 Å². The molecule has 1 amide bonds. The number of carbonyl (C=O) groups is 1. The van der Waals surface area contributed by atoms with Crippen molar-refractivity contribution < 1.29 is 4.79 Å². The highest BCUT2D eigenvalue weighted by molar-refractivity contribution is 7.10. The molecule has 0 radical (unpaired) electrons. The predicted molar refractivity (Wildman–Crippen MR) is 84.3 cm³/mol. The SMILES string of the molecule is Cc1ccsc1[C@@H]1C[C@@H]1C(=O)NC[C@H](C)Cn1cccn1.